The first-order chi connectivity index (χ1) is 9.12. The van der Waals surface area contributed by atoms with E-state index >= 15 is 0 Å². The van der Waals surface area contributed by atoms with Crippen LogP contribution < -0.4 is 4.72 Å². The smallest absolute Gasteiger partial charge is 0.250 e. The molecule has 0 spiro atoms. The summed E-state index contributed by atoms with van der Waals surface area (Å²) >= 11 is 3.17. The predicted octanol–water partition coefficient (Wildman–Crippen LogP) is 1.70. The predicted molar refractivity (Wildman–Crippen MR) is 80.3 cm³/mol. The quantitative estimate of drug-likeness (QED) is 0.837. The summed E-state index contributed by atoms with van der Waals surface area (Å²) in [4.78, 5) is 0.900. The molecule has 0 radical (unpaired) electrons. The first kappa shape index (κ1) is 15.3. The molecule has 0 aliphatic carbocycles. The maximum absolute atomic E-state index is 12.1. The lowest BCUT2D eigenvalue weighted by molar-refractivity contribution is 0.300. The molecule has 2 heterocycles. The molecule has 108 valence electrons. The van der Waals surface area contributed by atoms with E-state index in [0.717, 1.165) is 29.2 Å². The fourth-order valence-corrected chi connectivity index (χ4v) is 5.71. The largest absolute Gasteiger partial charge is 0.396 e. The zero-order chi connectivity index (χ0) is 13.7. The Hall–Kier alpha value is -0.0800. The van der Waals surface area contributed by atoms with Gasteiger partial charge in [0.15, 0.2) is 0 Å². The Labute approximate surface area is 122 Å². The molecular weight excluding hydrogens is 302 g/mol. The summed E-state index contributed by atoms with van der Waals surface area (Å²) in [6, 6.07) is 3.39. The first-order valence-corrected chi connectivity index (χ1v) is 9.84. The van der Waals surface area contributed by atoms with Crippen molar-refractivity contribution < 1.29 is 13.5 Å². The number of hydrogen-bond acceptors (Lipinski definition) is 5. The highest BCUT2D eigenvalue weighted by Gasteiger charge is 2.20. The standard InChI is InChI=1S/C12H19NO3S3/c14-6-3-11-1-2-12(18-11)19(15,16)13-9-10-4-7-17-8-5-10/h1-2,10,13-14H,3-9H2. The summed E-state index contributed by atoms with van der Waals surface area (Å²) < 4.78 is 27.3. The van der Waals surface area contributed by atoms with E-state index in [9.17, 15) is 8.42 Å². The van der Waals surface area contributed by atoms with E-state index in [-0.39, 0.29) is 6.61 Å². The van der Waals surface area contributed by atoms with Gasteiger partial charge in [-0.1, -0.05) is 0 Å². The highest BCUT2D eigenvalue weighted by Crippen LogP contribution is 2.24. The Bertz CT molecular complexity index is 492. The number of thioether (sulfide) groups is 1. The van der Waals surface area contributed by atoms with Crippen LogP contribution in [0.2, 0.25) is 0 Å². The first-order valence-electron chi connectivity index (χ1n) is 6.39. The van der Waals surface area contributed by atoms with Gasteiger partial charge in [0, 0.05) is 24.4 Å². The fraction of sp³-hybridized carbons (Fsp3) is 0.667. The number of sulfonamides is 1. The third-order valence-corrected chi connectivity index (χ3v) is 7.27. The molecule has 2 rings (SSSR count). The molecule has 0 aromatic carbocycles. The second kappa shape index (κ2) is 7.08. The molecule has 0 atom stereocenters. The number of hydrogen-bond donors (Lipinski definition) is 2. The maximum atomic E-state index is 12.1. The Morgan fingerprint density at radius 3 is 2.74 bits per heavy atom. The third kappa shape index (κ3) is 4.46. The van der Waals surface area contributed by atoms with Crippen LogP contribution >= 0.6 is 23.1 Å². The summed E-state index contributed by atoms with van der Waals surface area (Å²) in [6.45, 7) is 0.587. The van der Waals surface area contributed by atoms with Gasteiger partial charge in [-0.05, 0) is 42.4 Å². The lowest BCUT2D eigenvalue weighted by atomic mass is 10.0. The van der Waals surface area contributed by atoms with Crippen LogP contribution in [0.3, 0.4) is 0 Å². The van der Waals surface area contributed by atoms with E-state index in [4.69, 9.17) is 5.11 Å². The van der Waals surface area contributed by atoms with Crippen molar-refractivity contribution in [3.63, 3.8) is 0 Å². The highest BCUT2D eigenvalue weighted by atomic mass is 32.2. The van der Waals surface area contributed by atoms with Gasteiger partial charge in [-0.3, -0.25) is 0 Å². The van der Waals surface area contributed by atoms with Gasteiger partial charge in [0.05, 0.1) is 0 Å². The van der Waals surface area contributed by atoms with Crippen molar-refractivity contribution in [2.75, 3.05) is 24.7 Å². The number of rotatable bonds is 6. The zero-order valence-electron chi connectivity index (χ0n) is 10.7. The second-order valence-electron chi connectivity index (χ2n) is 4.60. The molecule has 1 aliphatic rings. The van der Waals surface area contributed by atoms with E-state index in [2.05, 4.69) is 4.72 Å². The van der Waals surface area contributed by atoms with Gasteiger partial charge in [0.2, 0.25) is 10.0 Å². The Kier molecular flexibility index (Phi) is 5.70. The van der Waals surface area contributed by atoms with E-state index in [1.54, 1.807) is 12.1 Å². The van der Waals surface area contributed by atoms with Crippen LogP contribution in [-0.4, -0.2) is 38.2 Å². The Morgan fingerprint density at radius 2 is 2.05 bits per heavy atom. The van der Waals surface area contributed by atoms with Crippen LogP contribution in [0.1, 0.15) is 17.7 Å². The van der Waals surface area contributed by atoms with Crippen molar-refractivity contribution in [3.05, 3.63) is 17.0 Å². The van der Waals surface area contributed by atoms with Crippen LogP contribution in [0.25, 0.3) is 0 Å². The van der Waals surface area contributed by atoms with Gasteiger partial charge in [0.25, 0.3) is 0 Å². The molecule has 0 bridgehead atoms. The molecule has 1 aromatic heterocycles. The monoisotopic (exact) mass is 321 g/mol. The van der Waals surface area contributed by atoms with Crippen molar-refractivity contribution >= 4 is 33.1 Å². The second-order valence-corrected chi connectivity index (χ2v) is 8.99. The lowest BCUT2D eigenvalue weighted by Crippen LogP contribution is -2.30. The summed E-state index contributed by atoms with van der Waals surface area (Å²) in [5.41, 5.74) is 0. The molecule has 19 heavy (non-hydrogen) atoms. The Morgan fingerprint density at radius 1 is 1.32 bits per heavy atom. The molecule has 1 aromatic rings. The number of aliphatic hydroxyl groups excluding tert-OH is 1. The minimum absolute atomic E-state index is 0.0488. The minimum atomic E-state index is -3.38. The molecule has 0 amide bonds. The lowest BCUT2D eigenvalue weighted by Gasteiger charge is -2.21. The van der Waals surface area contributed by atoms with Crippen LogP contribution in [0.5, 0.6) is 0 Å². The van der Waals surface area contributed by atoms with Crippen molar-refractivity contribution in [2.45, 2.75) is 23.5 Å². The summed E-state index contributed by atoms with van der Waals surface area (Å²) in [5, 5.41) is 8.84. The number of nitrogens with one attached hydrogen (secondary N) is 1. The molecule has 1 aliphatic heterocycles. The molecule has 0 saturated carbocycles. The van der Waals surface area contributed by atoms with Crippen molar-refractivity contribution in [3.8, 4) is 0 Å². The summed E-state index contributed by atoms with van der Waals surface area (Å²) in [6.07, 6.45) is 2.70. The molecule has 1 fully saturated rings. The van der Waals surface area contributed by atoms with Gasteiger partial charge < -0.3 is 5.11 Å². The molecule has 7 heteroatoms. The summed E-state index contributed by atoms with van der Waals surface area (Å²) in [7, 11) is -3.38. The SMILES string of the molecule is O=S(=O)(NCC1CCSCC1)c1ccc(CCO)s1. The molecule has 2 N–H and O–H groups in total. The number of thiophene rings is 1. The van der Waals surface area contributed by atoms with E-state index < -0.39 is 10.0 Å². The van der Waals surface area contributed by atoms with Crippen molar-refractivity contribution in [1.82, 2.24) is 4.72 Å². The van der Waals surface area contributed by atoms with Crippen LogP contribution in [-0.2, 0) is 16.4 Å². The van der Waals surface area contributed by atoms with Gasteiger partial charge in [0.1, 0.15) is 4.21 Å². The number of aliphatic hydroxyl groups is 1. The van der Waals surface area contributed by atoms with E-state index in [1.165, 1.54) is 11.3 Å². The topological polar surface area (TPSA) is 66.4 Å². The Balaban J connectivity index is 1.92. The fourth-order valence-electron chi connectivity index (χ4n) is 2.00. The maximum Gasteiger partial charge on any atom is 0.250 e. The van der Waals surface area contributed by atoms with Gasteiger partial charge in [-0.2, -0.15) is 11.8 Å². The summed E-state index contributed by atoms with van der Waals surface area (Å²) in [5.74, 6) is 2.73. The van der Waals surface area contributed by atoms with Crippen molar-refractivity contribution in [1.29, 1.82) is 0 Å². The molecule has 1 saturated heterocycles. The highest BCUT2D eigenvalue weighted by molar-refractivity contribution is 7.99. The molecule has 4 nitrogen and oxygen atoms in total. The normalized spacial score (nSPS) is 17.7. The third-order valence-electron chi connectivity index (χ3n) is 3.16. The van der Waals surface area contributed by atoms with Crippen molar-refractivity contribution in [2.24, 2.45) is 5.92 Å². The van der Waals surface area contributed by atoms with Crippen LogP contribution in [0.4, 0.5) is 0 Å². The van der Waals surface area contributed by atoms with Gasteiger partial charge in [-0.15, -0.1) is 11.3 Å². The van der Waals surface area contributed by atoms with Crippen LogP contribution in [0, 0.1) is 5.92 Å². The van der Waals surface area contributed by atoms with Gasteiger partial charge in [-0.25, -0.2) is 13.1 Å². The minimum Gasteiger partial charge on any atom is -0.396 e. The average Bonchev–Trinajstić information content (AvgIpc) is 2.88. The van der Waals surface area contributed by atoms with E-state index in [1.807, 2.05) is 11.8 Å². The van der Waals surface area contributed by atoms with Gasteiger partial charge >= 0.3 is 0 Å². The van der Waals surface area contributed by atoms with E-state index in [0.29, 0.717) is 23.1 Å². The molecular formula is C12H19NO3S3. The molecule has 0 unspecified atom stereocenters. The average molecular weight is 321 g/mol. The zero-order valence-corrected chi connectivity index (χ0v) is 13.1. The van der Waals surface area contributed by atoms with Crippen LogP contribution in [0.15, 0.2) is 16.3 Å².